The fourth-order valence-electron chi connectivity index (χ4n) is 1.29. The summed E-state index contributed by atoms with van der Waals surface area (Å²) in [5, 5.41) is 2.47. The molecule has 1 fully saturated rings. The van der Waals surface area contributed by atoms with Crippen LogP contribution in [0.15, 0.2) is 0 Å². The molecule has 1 N–H and O–H groups in total. The normalized spacial score (nSPS) is 20.3. The molecule has 0 radical (unpaired) electrons. The quantitative estimate of drug-likeness (QED) is 0.722. The monoisotopic (exact) mass is 197 g/mol. The fourth-order valence-corrected chi connectivity index (χ4v) is 1.29. The Morgan fingerprint density at radius 2 is 2.08 bits per heavy atom. The third kappa shape index (κ3) is 4.47. The van der Waals surface area contributed by atoms with Crippen molar-refractivity contribution >= 4 is 0 Å². The van der Waals surface area contributed by atoms with Crippen molar-refractivity contribution < 1.29 is 17.9 Å². The Hall–Kier alpha value is -0.290. The van der Waals surface area contributed by atoms with Crippen LogP contribution in [0.2, 0.25) is 0 Å². The van der Waals surface area contributed by atoms with Crippen LogP contribution in [0.5, 0.6) is 0 Å². The number of hydrogen-bond donors (Lipinski definition) is 1. The molecule has 78 valence electrons. The first kappa shape index (κ1) is 10.8. The lowest BCUT2D eigenvalue weighted by atomic mass is 10.2. The van der Waals surface area contributed by atoms with E-state index in [0.717, 1.165) is 12.8 Å². The highest BCUT2D eigenvalue weighted by Gasteiger charge is 2.34. The maximum Gasteiger partial charge on any atom is 0.401 e. The largest absolute Gasteiger partial charge is 0.401 e. The number of hydrogen-bond acceptors (Lipinski definition) is 2. The molecular formula is C8H14F3NO. The highest BCUT2D eigenvalue weighted by Crippen LogP contribution is 2.33. The molecule has 0 saturated heterocycles. The zero-order valence-electron chi connectivity index (χ0n) is 7.53. The summed E-state index contributed by atoms with van der Waals surface area (Å²) in [6.07, 6.45) is -2.10. The summed E-state index contributed by atoms with van der Waals surface area (Å²) in [6.45, 7) is -0.557. The lowest BCUT2D eigenvalue weighted by Crippen LogP contribution is -2.41. The molecule has 5 heteroatoms. The van der Waals surface area contributed by atoms with Crippen molar-refractivity contribution in [3.8, 4) is 0 Å². The predicted octanol–water partition coefficient (Wildman–Crippen LogP) is 1.56. The Bertz CT molecular complexity index is 156. The van der Waals surface area contributed by atoms with E-state index in [4.69, 9.17) is 4.74 Å². The van der Waals surface area contributed by atoms with Gasteiger partial charge in [0, 0.05) is 13.2 Å². The van der Waals surface area contributed by atoms with Gasteiger partial charge in [-0.15, -0.1) is 0 Å². The van der Waals surface area contributed by atoms with Crippen molar-refractivity contribution in [3.63, 3.8) is 0 Å². The van der Waals surface area contributed by atoms with Gasteiger partial charge < -0.3 is 10.1 Å². The molecule has 0 amide bonds. The van der Waals surface area contributed by atoms with Crippen LogP contribution < -0.4 is 5.32 Å². The maximum atomic E-state index is 11.8. The lowest BCUT2D eigenvalue weighted by Gasteiger charge is -2.18. The molecule has 1 unspecified atom stereocenters. The summed E-state index contributed by atoms with van der Waals surface area (Å²) in [4.78, 5) is 0. The molecule has 0 spiro atoms. The van der Waals surface area contributed by atoms with E-state index in [1.807, 2.05) is 0 Å². The molecule has 13 heavy (non-hydrogen) atoms. The minimum Gasteiger partial charge on any atom is -0.383 e. The first-order valence-electron chi connectivity index (χ1n) is 4.32. The summed E-state index contributed by atoms with van der Waals surface area (Å²) in [5.41, 5.74) is 0. The van der Waals surface area contributed by atoms with E-state index >= 15 is 0 Å². The van der Waals surface area contributed by atoms with E-state index in [0.29, 0.717) is 12.5 Å². The van der Waals surface area contributed by atoms with Crippen LogP contribution in [0, 0.1) is 5.92 Å². The van der Waals surface area contributed by atoms with Gasteiger partial charge in [0.25, 0.3) is 0 Å². The van der Waals surface area contributed by atoms with Crippen molar-refractivity contribution in [2.45, 2.75) is 25.1 Å². The maximum absolute atomic E-state index is 11.8. The molecule has 1 aliphatic rings. The second-order valence-electron chi connectivity index (χ2n) is 3.40. The smallest absolute Gasteiger partial charge is 0.383 e. The summed E-state index contributed by atoms with van der Waals surface area (Å²) >= 11 is 0. The number of halogens is 3. The van der Waals surface area contributed by atoms with Crippen molar-refractivity contribution in [3.05, 3.63) is 0 Å². The first-order chi connectivity index (χ1) is 6.03. The predicted molar refractivity (Wildman–Crippen MR) is 42.4 cm³/mol. The molecule has 0 bridgehead atoms. The summed E-state index contributed by atoms with van der Waals surface area (Å²) in [6, 6.07) is -0.133. The van der Waals surface area contributed by atoms with Gasteiger partial charge in [-0.05, 0) is 18.8 Å². The average Bonchev–Trinajstić information content (AvgIpc) is 2.78. The molecule has 1 rings (SSSR count). The molecule has 1 saturated carbocycles. The van der Waals surface area contributed by atoms with Crippen LogP contribution in [-0.4, -0.2) is 32.5 Å². The third-order valence-corrected chi connectivity index (χ3v) is 2.10. The number of alkyl halides is 3. The van der Waals surface area contributed by atoms with Crippen LogP contribution in [0.3, 0.4) is 0 Å². The van der Waals surface area contributed by atoms with E-state index in [1.54, 1.807) is 0 Å². The standard InChI is InChI=1S/C8H14F3NO/c1-13-4-7(6-2-3-6)12-5-8(9,10)11/h6-7,12H,2-5H2,1H3. The van der Waals surface area contributed by atoms with Gasteiger partial charge in [-0.1, -0.05) is 0 Å². The second-order valence-corrected chi connectivity index (χ2v) is 3.40. The Labute approximate surface area is 75.4 Å². The van der Waals surface area contributed by atoms with Gasteiger partial charge in [0.15, 0.2) is 0 Å². The Balaban J connectivity index is 2.22. The van der Waals surface area contributed by atoms with Crippen LogP contribution >= 0.6 is 0 Å². The molecular weight excluding hydrogens is 183 g/mol. The second kappa shape index (κ2) is 4.28. The highest BCUT2D eigenvalue weighted by molar-refractivity contribution is 4.86. The van der Waals surface area contributed by atoms with E-state index in [-0.39, 0.29) is 6.04 Å². The highest BCUT2D eigenvalue weighted by atomic mass is 19.4. The number of ether oxygens (including phenoxy) is 1. The van der Waals surface area contributed by atoms with E-state index in [9.17, 15) is 13.2 Å². The van der Waals surface area contributed by atoms with Crippen LogP contribution in [0.4, 0.5) is 13.2 Å². The molecule has 1 aliphatic carbocycles. The van der Waals surface area contributed by atoms with Gasteiger partial charge in [-0.25, -0.2) is 0 Å². The van der Waals surface area contributed by atoms with Crippen LogP contribution in [0.25, 0.3) is 0 Å². The molecule has 2 nitrogen and oxygen atoms in total. The summed E-state index contributed by atoms with van der Waals surface area (Å²) in [7, 11) is 1.50. The van der Waals surface area contributed by atoms with Gasteiger partial charge >= 0.3 is 6.18 Å². The Morgan fingerprint density at radius 3 is 2.46 bits per heavy atom. The third-order valence-electron chi connectivity index (χ3n) is 2.10. The van der Waals surface area contributed by atoms with Gasteiger partial charge in [0.2, 0.25) is 0 Å². The van der Waals surface area contributed by atoms with Crippen molar-refractivity contribution in [2.24, 2.45) is 5.92 Å². The molecule has 0 aromatic rings. The molecule has 0 aromatic carbocycles. The zero-order valence-corrected chi connectivity index (χ0v) is 7.53. The SMILES string of the molecule is COCC(NCC(F)(F)F)C1CC1. The summed E-state index contributed by atoms with van der Waals surface area (Å²) < 4.78 is 40.4. The lowest BCUT2D eigenvalue weighted by molar-refractivity contribution is -0.127. The average molecular weight is 197 g/mol. The molecule has 0 heterocycles. The van der Waals surface area contributed by atoms with E-state index < -0.39 is 12.7 Å². The van der Waals surface area contributed by atoms with Crippen molar-refractivity contribution in [2.75, 3.05) is 20.3 Å². The molecule has 1 atom stereocenters. The van der Waals surface area contributed by atoms with E-state index in [2.05, 4.69) is 5.32 Å². The zero-order chi connectivity index (χ0) is 9.90. The molecule has 0 aromatic heterocycles. The Kier molecular flexibility index (Phi) is 3.55. The minimum atomic E-state index is -4.12. The van der Waals surface area contributed by atoms with Gasteiger partial charge in [-0.3, -0.25) is 0 Å². The fraction of sp³-hybridized carbons (Fsp3) is 1.00. The van der Waals surface area contributed by atoms with Crippen LogP contribution in [0.1, 0.15) is 12.8 Å². The van der Waals surface area contributed by atoms with Crippen molar-refractivity contribution in [1.82, 2.24) is 5.32 Å². The van der Waals surface area contributed by atoms with Crippen LogP contribution in [-0.2, 0) is 4.74 Å². The van der Waals surface area contributed by atoms with Gasteiger partial charge in [-0.2, -0.15) is 13.2 Å². The number of methoxy groups -OCH3 is 1. The number of nitrogens with one attached hydrogen (secondary N) is 1. The van der Waals surface area contributed by atoms with Crippen molar-refractivity contribution in [1.29, 1.82) is 0 Å². The van der Waals surface area contributed by atoms with E-state index in [1.165, 1.54) is 7.11 Å². The summed E-state index contributed by atoms with van der Waals surface area (Å²) in [5.74, 6) is 0.377. The topological polar surface area (TPSA) is 21.3 Å². The Morgan fingerprint density at radius 1 is 1.46 bits per heavy atom. The minimum absolute atomic E-state index is 0.133. The molecule has 0 aliphatic heterocycles. The number of rotatable bonds is 5. The van der Waals surface area contributed by atoms with Gasteiger partial charge in [0.05, 0.1) is 13.2 Å². The van der Waals surface area contributed by atoms with Gasteiger partial charge in [0.1, 0.15) is 0 Å². The first-order valence-corrected chi connectivity index (χ1v) is 4.32.